The molecule has 3 rings (SSSR count). The van der Waals surface area contributed by atoms with Crippen LogP contribution in [0.3, 0.4) is 0 Å². The van der Waals surface area contributed by atoms with Crippen LogP contribution in [-0.2, 0) is 181 Å². The van der Waals surface area contributed by atoms with Gasteiger partial charge in [-0.3, -0.25) is 0 Å². The van der Waals surface area contributed by atoms with Crippen molar-refractivity contribution in [3.05, 3.63) is 60.7 Å². The minimum Gasteiger partial charge on any atom is -0.437 e. The Kier molecular flexibility index (Phi) is 147. The van der Waals surface area contributed by atoms with Gasteiger partial charge in [-0.15, -0.1) is 0 Å². The SMILES string of the molecule is C.C.C.C.C.C.CO.CO.CO.CO.CO.CO.CO.CO.CO[Si](C)(O)O[Si]1(C)O[Si](C)(O[Si](C)(OC)O[Si](C)(C)C)O1.C[Si](C)(C)O.C[Si](C)(C)O[Si](C)(C)O[Si](C)(O)O[Si](C)(C)C.C[Si](C)(O)O[Si](C)(C)O[Si](O)(c1ccccc1)c1ccccc1.O.O.O.O.[Zr].[Zr].[Zr].[Zr].[Zr]. The van der Waals surface area contributed by atoms with E-state index in [4.69, 9.17) is 95.7 Å². The Balaban J connectivity index is -0.0000000314. The van der Waals surface area contributed by atoms with Gasteiger partial charge in [0.25, 0.3) is 0 Å². The summed E-state index contributed by atoms with van der Waals surface area (Å²) < 4.78 is 69.5. The summed E-state index contributed by atoms with van der Waals surface area (Å²) in [7, 11) is -22.0. The number of benzene rings is 2. The van der Waals surface area contributed by atoms with Gasteiger partial charge in [0, 0.05) is 235 Å². The summed E-state index contributed by atoms with van der Waals surface area (Å²) in [5, 5.41) is 57.5. The molecule has 1 fully saturated rings. The van der Waals surface area contributed by atoms with Gasteiger partial charge in [-0.25, -0.2) is 0 Å². The van der Waals surface area contributed by atoms with Gasteiger partial charge in [0.1, 0.15) is 0 Å². The van der Waals surface area contributed by atoms with Crippen molar-refractivity contribution in [1.29, 1.82) is 0 Å². The van der Waals surface area contributed by atoms with Gasteiger partial charge in [-0.2, -0.15) is 0 Å². The molecule has 47 heteroatoms. The minimum absolute atomic E-state index is 0. The second-order valence-electron chi connectivity index (χ2n) is 21.9. The number of hydrogen-bond acceptors (Lipinski definition) is 25. The van der Waals surface area contributed by atoms with E-state index in [-0.39, 0.29) is 197 Å². The van der Waals surface area contributed by atoms with E-state index in [1.165, 1.54) is 13.7 Å². The molecule has 604 valence electrons. The van der Waals surface area contributed by atoms with Crippen LogP contribution in [-0.4, -0.2) is 269 Å². The quantitative estimate of drug-likeness (QED) is 0.0822. The van der Waals surface area contributed by atoms with Crippen molar-refractivity contribution in [3.63, 3.8) is 0 Å². The summed E-state index contributed by atoms with van der Waals surface area (Å²) in [6.07, 6.45) is 0. The smallest absolute Gasteiger partial charge is 0.437 e. The molecular formula is C51H154O29Si13Zr5. The van der Waals surface area contributed by atoms with Crippen LogP contribution in [0.15, 0.2) is 60.7 Å². The topological polar surface area (TPSA) is 500 Å². The van der Waals surface area contributed by atoms with Crippen LogP contribution in [0.5, 0.6) is 0 Å². The largest absolute Gasteiger partial charge is 0.487 e. The first kappa shape index (κ1) is 171. The third-order valence-electron chi connectivity index (χ3n) is 7.43. The van der Waals surface area contributed by atoms with Crippen LogP contribution in [0.2, 0.25) is 151 Å². The van der Waals surface area contributed by atoms with Crippen LogP contribution >= 0.6 is 0 Å². The van der Waals surface area contributed by atoms with E-state index in [1.807, 2.05) is 133 Å². The molecule has 1 aliphatic heterocycles. The Morgan fingerprint density at radius 2 is 0.551 bits per heavy atom. The summed E-state index contributed by atoms with van der Waals surface area (Å²) in [5.41, 5.74) is 0. The van der Waals surface area contributed by atoms with E-state index in [2.05, 4.69) is 39.3 Å². The molecule has 0 radical (unpaired) electrons. The Morgan fingerprint density at radius 1 is 0.316 bits per heavy atom. The van der Waals surface area contributed by atoms with Crippen LogP contribution in [0.4, 0.5) is 0 Å². The average molecular weight is 2050 g/mol. The Bertz CT molecular complexity index is 1740. The number of aliphatic hydroxyl groups is 8. The molecule has 2 aromatic rings. The van der Waals surface area contributed by atoms with Crippen LogP contribution in [0.25, 0.3) is 0 Å². The first-order chi connectivity index (χ1) is 37.4. The summed E-state index contributed by atoms with van der Waals surface area (Å²) in [5.74, 6) is 0. The first-order valence-corrected chi connectivity index (χ1v) is 61.0. The van der Waals surface area contributed by atoms with E-state index in [0.29, 0.717) is 0 Å². The Labute approximate surface area is 708 Å². The molecule has 1 saturated heterocycles. The minimum atomic E-state index is -3.39. The maximum absolute atomic E-state index is 11.5. The number of rotatable bonds is 20. The van der Waals surface area contributed by atoms with Crippen molar-refractivity contribution in [2.75, 3.05) is 71.1 Å². The van der Waals surface area contributed by atoms with E-state index >= 15 is 0 Å². The molecule has 29 nitrogen and oxygen atoms in total. The van der Waals surface area contributed by atoms with Crippen molar-refractivity contribution in [2.24, 2.45) is 0 Å². The zero-order chi connectivity index (χ0) is 69.2. The fourth-order valence-electron chi connectivity index (χ4n) is 6.54. The Morgan fingerprint density at radius 3 is 0.765 bits per heavy atom. The van der Waals surface area contributed by atoms with Gasteiger partial charge in [0.15, 0.2) is 33.3 Å². The third-order valence-corrected chi connectivity index (χ3v) is 46.0. The molecule has 2 aromatic carbocycles. The summed E-state index contributed by atoms with van der Waals surface area (Å²) in [6, 6.07) is 18.9. The van der Waals surface area contributed by atoms with E-state index in [1.54, 1.807) is 39.8 Å². The number of hydrogen-bond donors (Lipinski definition) is 13. The van der Waals surface area contributed by atoms with Gasteiger partial charge in [0.05, 0.1) is 0 Å². The maximum atomic E-state index is 11.5. The monoisotopic (exact) mass is 2040 g/mol. The predicted octanol–water partition coefficient (Wildman–Crippen LogP) is 4.30. The van der Waals surface area contributed by atoms with Gasteiger partial charge in [0.2, 0.25) is 0 Å². The standard InChI is InChI=1S/C16H24O4Si3.C9H28O8Si5.C9H28O4Si4.C3H10OSi.8CH4O.6CH4.4H2O.5Zr/c1-21(2,17)19-22(3,4)20-23(18,15-11-7-5-8-12-15)16-13-9-6-10-14-16;1-11-19(6,10)14-21(8)16-22(9,17-21)15-20(7,12-2)13-18(3,4)5;1-14(2,3)11-16(7,8)13-17(9,10)12-15(4,5)6;1-5(2,3)4;8*1-2;;;;;;;;;;;;;;;/h5-14,17-18H,1-4H3;10H,1-9H3;10H,1-9H3;4H,1-3H3;8*2H,1H3;6*1H4;4*1H2;;;;;. The summed E-state index contributed by atoms with van der Waals surface area (Å²) in [6.45, 7) is 43.9. The molecule has 1 heterocycles. The average Bonchev–Trinajstić information content (AvgIpc) is 3.33. The normalized spacial score (nSPS) is 15.1. The zero-order valence-corrected chi connectivity index (χ0v) is 86.8. The van der Waals surface area contributed by atoms with Crippen LogP contribution in [0.1, 0.15) is 44.6 Å². The molecule has 0 aliphatic carbocycles. The Hall–Kier alpha value is 4.52. The van der Waals surface area contributed by atoms with Gasteiger partial charge in [-0.05, 0) is 128 Å². The molecule has 3 unspecified atom stereocenters. The van der Waals surface area contributed by atoms with Crippen molar-refractivity contribution in [2.45, 2.75) is 195 Å². The first-order valence-electron chi connectivity index (χ1n) is 25.8. The molecule has 0 aromatic heterocycles. The van der Waals surface area contributed by atoms with Gasteiger partial charge >= 0.3 is 78.3 Å². The maximum Gasteiger partial charge on any atom is 0.487 e. The van der Waals surface area contributed by atoms with Gasteiger partial charge < -0.3 is 137 Å². The van der Waals surface area contributed by atoms with E-state index in [9.17, 15) is 19.2 Å². The van der Waals surface area contributed by atoms with Crippen molar-refractivity contribution >= 4 is 122 Å². The van der Waals surface area contributed by atoms with Crippen LogP contribution in [0, 0.1) is 0 Å². The zero-order valence-electron chi connectivity index (χ0n) is 61.5. The van der Waals surface area contributed by atoms with Crippen LogP contribution < -0.4 is 10.4 Å². The molecule has 0 bridgehead atoms. The van der Waals surface area contributed by atoms with Crippen molar-refractivity contribution in [3.8, 4) is 0 Å². The van der Waals surface area contributed by atoms with E-state index < -0.39 is 112 Å². The predicted molar refractivity (Wildman–Crippen MR) is 418 cm³/mol. The molecule has 98 heavy (non-hydrogen) atoms. The molecule has 1 aliphatic rings. The molecule has 0 saturated carbocycles. The fourth-order valence-corrected chi connectivity index (χ4v) is 51.5. The van der Waals surface area contributed by atoms with Gasteiger partial charge in [-0.1, -0.05) is 105 Å². The second-order valence-corrected chi connectivity index (χ2v) is 67.6. The number of aliphatic hydroxyl groups excluding tert-OH is 8. The fraction of sp³-hybridized carbons (Fsp3) is 0.765. The summed E-state index contributed by atoms with van der Waals surface area (Å²) in [4.78, 5) is 50.5. The third kappa shape index (κ3) is 103. The molecule has 3 atom stereocenters. The molecule has 0 amide bonds. The second kappa shape index (κ2) is 84.0. The molecule has 21 N–H and O–H groups in total. The van der Waals surface area contributed by atoms with E-state index in [0.717, 1.165) is 67.3 Å². The molecular weight excluding hydrogens is 1900 g/mol. The molecule has 0 spiro atoms. The van der Waals surface area contributed by atoms with Crippen molar-refractivity contribution in [1.82, 2.24) is 0 Å². The summed E-state index contributed by atoms with van der Waals surface area (Å²) >= 11 is 0. The van der Waals surface area contributed by atoms with Crippen molar-refractivity contribution < 1.29 is 268 Å².